The second-order valence-corrected chi connectivity index (χ2v) is 6.62. The van der Waals surface area contributed by atoms with Gasteiger partial charge in [-0.3, -0.25) is 9.36 Å². The molecule has 3 aromatic rings. The molecule has 1 amide bonds. The lowest BCUT2D eigenvalue weighted by Gasteiger charge is -2.24. The minimum atomic E-state index is -0.291. The van der Waals surface area contributed by atoms with E-state index >= 15 is 0 Å². The molecule has 8 heteroatoms. The molecular weight excluding hydrogens is 374 g/mol. The minimum Gasteiger partial charge on any atom is -0.504 e. The van der Waals surface area contributed by atoms with E-state index in [0.717, 1.165) is 11.3 Å². The highest BCUT2D eigenvalue weighted by Gasteiger charge is 2.32. The largest absolute Gasteiger partial charge is 0.504 e. The summed E-state index contributed by atoms with van der Waals surface area (Å²) in [6, 6.07) is 10.5. The Morgan fingerprint density at radius 1 is 1.07 bits per heavy atom. The van der Waals surface area contributed by atoms with Crippen molar-refractivity contribution >= 4 is 11.7 Å². The predicted octanol–water partition coefficient (Wildman–Crippen LogP) is 3.08. The normalized spacial score (nSPS) is 15.4. The van der Waals surface area contributed by atoms with Crippen molar-refractivity contribution in [2.75, 3.05) is 26.6 Å². The van der Waals surface area contributed by atoms with Crippen molar-refractivity contribution in [2.45, 2.75) is 12.3 Å². The Morgan fingerprint density at radius 3 is 2.55 bits per heavy atom. The molecule has 4 rings (SSSR count). The number of rotatable bonds is 5. The highest BCUT2D eigenvalue weighted by Crippen LogP contribution is 2.41. The minimum absolute atomic E-state index is 0.0220. The first-order chi connectivity index (χ1) is 14.0. The van der Waals surface area contributed by atoms with Crippen molar-refractivity contribution in [1.82, 2.24) is 9.55 Å². The van der Waals surface area contributed by atoms with E-state index in [-0.39, 0.29) is 24.0 Å². The van der Waals surface area contributed by atoms with Gasteiger partial charge in [-0.15, -0.1) is 0 Å². The lowest BCUT2D eigenvalue weighted by Crippen LogP contribution is -2.25. The first kappa shape index (κ1) is 18.7. The SMILES string of the molecule is COc1ccc(-n2cnc3c2NC(=O)C[C@@H]3c2ccc(OC)c(O)c2)c(OC)c1. The van der Waals surface area contributed by atoms with Crippen LogP contribution in [-0.2, 0) is 4.79 Å². The van der Waals surface area contributed by atoms with E-state index in [2.05, 4.69) is 10.3 Å². The summed E-state index contributed by atoms with van der Waals surface area (Å²) in [7, 11) is 4.65. The molecule has 1 atom stereocenters. The molecule has 0 bridgehead atoms. The Labute approximate surface area is 167 Å². The van der Waals surface area contributed by atoms with Crippen LogP contribution in [0.4, 0.5) is 5.82 Å². The van der Waals surface area contributed by atoms with Crippen LogP contribution in [0.5, 0.6) is 23.0 Å². The summed E-state index contributed by atoms with van der Waals surface area (Å²) < 4.78 is 17.6. The zero-order valence-corrected chi connectivity index (χ0v) is 16.3. The molecule has 0 aliphatic carbocycles. The molecule has 29 heavy (non-hydrogen) atoms. The van der Waals surface area contributed by atoms with Crippen LogP contribution < -0.4 is 19.5 Å². The molecule has 150 valence electrons. The number of anilines is 1. The second-order valence-electron chi connectivity index (χ2n) is 6.62. The first-order valence-electron chi connectivity index (χ1n) is 9.02. The number of hydrogen-bond acceptors (Lipinski definition) is 6. The van der Waals surface area contributed by atoms with Gasteiger partial charge in [-0.2, -0.15) is 0 Å². The first-order valence-corrected chi connectivity index (χ1v) is 9.02. The van der Waals surface area contributed by atoms with Crippen LogP contribution in [0.15, 0.2) is 42.7 Å². The summed E-state index contributed by atoms with van der Waals surface area (Å²) >= 11 is 0. The maximum atomic E-state index is 12.5. The standard InChI is InChI=1S/C21H21N3O5/c1-27-13-5-6-15(18(9-13)29-3)24-11-22-20-14(10-19(26)23-21(20)24)12-4-7-17(28-2)16(25)8-12/h4-9,11,14,25H,10H2,1-3H3,(H,23,26)/t14-/m1/s1. The van der Waals surface area contributed by atoms with Gasteiger partial charge in [-0.05, 0) is 29.8 Å². The number of benzene rings is 2. The molecule has 1 aliphatic heterocycles. The van der Waals surface area contributed by atoms with Gasteiger partial charge in [0.15, 0.2) is 11.5 Å². The van der Waals surface area contributed by atoms with Gasteiger partial charge < -0.3 is 24.6 Å². The maximum Gasteiger partial charge on any atom is 0.226 e. The Hall–Kier alpha value is -3.68. The Morgan fingerprint density at radius 2 is 1.86 bits per heavy atom. The summed E-state index contributed by atoms with van der Waals surface area (Å²) in [6.45, 7) is 0. The van der Waals surface area contributed by atoms with Gasteiger partial charge in [0.25, 0.3) is 0 Å². The number of carbonyl (C=O) groups excluding carboxylic acids is 1. The summed E-state index contributed by atoms with van der Waals surface area (Å²) in [5.41, 5.74) is 2.22. The van der Waals surface area contributed by atoms with Crippen molar-refractivity contribution in [2.24, 2.45) is 0 Å². The molecule has 0 saturated heterocycles. The number of aromatic hydroxyl groups is 1. The van der Waals surface area contributed by atoms with Crippen molar-refractivity contribution in [3.63, 3.8) is 0 Å². The van der Waals surface area contributed by atoms with E-state index in [1.54, 1.807) is 43.3 Å². The number of nitrogens with zero attached hydrogens (tertiary/aromatic N) is 2. The number of aromatic nitrogens is 2. The van der Waals surface area contributed by atoms with Gasteiger partial charge in [0.2, 0.25) is 5.91 Å². The third-order valence-electron chi connectivity index (χ3n) is 5.02. The Bertz CT molecular complexity index is 1080. The summed E-state index contributed by atoms with van der Waals surface area (Å²) in [4.78, 5) is 17.0. The van der Waals surface area contributed by atoms with Gasteiger partial charge in [0.1, 0.15) is 23.6 Å². The molecule has 0 radical (unpaired) electrons. The van der Waals surface area contributed by atoms with E-state index in [0.29, 0.717) is 28.8 Å². The van der Waals surface area contributed by atoms with Crippen LogP contribution in [0.25, 0.3) is 5.69 Å². The van der Waals surface area contributed by atoms with Gasteiger partial charge in [-0.25, -0.2) is 4.98 Å². The summed E-state index contributed by atoms with van der Waals surface area (Å²) in [5, 5.41) is 13.1. The average molecular weight is 395 g/mol. The highest BCUT2D eigenvalue weighted by molar-refractivity contribution is 5.94. The molecule has 0 unspecified atom stereocenters. The van der Waals surface area contributed by atoms with Crippen molar-refractivity contribution < 1.29 is 24.1 Å². The number of ether oxygens (including phenoxy) is 3. The molecule has 0 spiro atoms. The fourth-order valence-corrected chi connectivity index (χ4v) is 3.57. The smallest absolute Gasteiger partial charge is 0.226 e. The number of imidazole rings is 1. The van der Waals surface area contributed by atoms with Gasteiger partial charge in [0, 0.05) is 18.4 Å². The zero-order chi connectivity index (χ0) is 20.5. The Kier molecular flexibility index (Phi) is 4.75. The molecular formula is C21H21N3O5. The molecule has 1 aliphatic rings. The number of amides is 1. The van der Waals surface area contributed by atoms with Crippen LogP contribution in [0.1, 0.15) is 23.6 Å². The monoisotopic (exact) mass is 395 g/mol. The van der Waals surface area contributed by atoms with E-state index in [1.165, 1.54) is 7.11 Å². The molecule has 8 nitrogen and oxygen atoms in total. The number of hydrogen-bond donors (Lipinski definition) is 2. The molecule has 0 saturated carbocycles. The van der Waals surface area contributed by atoms with Crippen LogP contribution in [0, 0.1) is 0 Å². The summed E-state index contributed by atoms with van der Waals surface area (Å²) in [6.07, 6.45) is 1.88. The van der Waals surface area contributed by atoms with Crippen molar-refractivity contribution in [3.05, 3.63) is 54.0 Å². The highest BCUT2D eigenvalue weighted by atomic mass is 16.5. The van der Waals surface area contributed by atoms with Gasteiger partial charge >= 0.3 is 0 Å². The van der Waals surface area contributed by atoms with Gasteiger partial charge in [0.05, 0.1) is 32.7 Å². The molecule has 0 fully saturated rings. The Balaban J connectivity index is 1.80. The fourth-order valence-electron chi connectivity index (χ4n) is 3.57. The van der Waals surface area contributed by atoms with Crippen LogP contribution in [-0.4, -0.2) is 41.9 Å². The molecule has 1 aromatic heterocycles. The number of fused-ring (bicyclic) bond motifs is 1. The van der Waals surface area contributed by atoms with E-state index in [4.69, 9.17) is 14.2 Å². The lowest BCUT2D eigenvalue weighted by molar-refractivity contribution is -0.116. The summed E-state index contributed by atoms with van der Waals surface area (Å²) in [5.74, 6) is 1.80. The van der Waals surface area contributed by atoms with Crippen LogP contribution in [0.2, 0.25) is 0 Å². The molecule has 2 aromatic carbocycles. The van der Waals surface area contributed by atoms with Crippen molar-refractivity contribution in [3.8, 4) is 28.7 Å². The maximum absolute atomic E-state index is 12.5. The average Bonchev–Trinajstić information content (AvgIpc) is 3.16. The second kappa shape index (κ2) is 7.38. The molecule has 2 N–H and O–H groups in total. The zero-order valence-electron chi connectivity index (χ0n) is 16.3. The number of carbonyl (C=O) groups is 1. The number of phenols is 1. The quantitative estimate of drug-likeness (QED) is 0.689. The number of nitrogens with one attached hydrogen (secondary N) is 1. The van der Waals surface area contributed by atoms with Crippen LogP contribution in [0.3, 0.4) is 0 Å². The third-order valence-corrected chi connectivity index (χ3v) is 5.02. The third kappa shape index (κ3) is 3.22. The number of methoxy groups -OCH3 is 3. The van der Waals surface area contributed by atoms with E-state index in [1.807, 2.05) is 18.2 Å². The predicted molar refractivity (Wildman–Crippen MR) is 106 cm³/mol. The van der Waals surface area contributed by atoms with E-state index in [9.17, 15) is 9.90 Å². The van der Waals surface area contributed by atoms with E-state index < -0.39 is 0 Å². The lowest BCUT2D eigenvalue weighted by atomic mass is 9.89. The van der Waals surface area contributed by atoms with Crippen LogP contribution >= 0.6 is 0 Å². The molecule has 2 heterocycles. The van der Waals surface area contributed by atoms with Crippen molar-refractivity contribution in [1.29, 1.82) is 0 Å². The fraction of sp³-hybridized carbons (Fsp3) is 0.238. The number of phenolic OH excluding ortho intramolecular Hbond substituents is 1. The van der Waals surface area contributed by atoms with Gasteiger partial charge in [-0.1, -0.05) is 6.07 Å². The topological polar surface area (TPSA) is 94.8 Å².